The van der Waals surface area contributed by atoms with E-state index >= 15 is 0 Å². The maximum absolute atomic E-state index is 12.9. The van der Waals surface area contributed by atoms with Gasteiger partial charge in [-0.2, -0.15) is 0 Å². The minimum atomic E-state index is -1.31. The van der Waals surface area contributed by atoms with Gasteiger partial charge in [0.25, 0.3) is 0 Å². The molecule has 0 amide bonds. The monoisotopic (exact) mass is 784 g/mol. The molecule has 0 saturated carbocycles. The van der Waals surface area contributed by atoms with Crippen LogP contribution >= 0.6 is 0 Å². The zero-order valence-electron chi connectivity index (χ0n) is 32.5. The van der Waals surface area contributed by atoms with Gasteiger partial charge in [0.1, 0.15) is 36.6 Å². The Hall–Kier alpha value is -4.50. The van der Waals surface area contributed by atoms with Crippen molar-refractivity contribution in [3.8, 4) is 0 Å². The number of aliphatic hydroxyl groups excluding tert-OH is 1. The molecule has 2 saturated heterocycles. The Kier molecular flexibility index (Phi) is 15.7. The molecular formula is C45H52O12. The van der Waals surface area contributed by atoms with Gasteiger partial charge < -0.3 is 47.7 Å². The molecule has 0 spiro atoms. The molecule has 6 rings (SSSR count). The van der Waals surface area contributed by atoms with E-state index in [1.54, 1.807) is 0 Å². The quantitative estimate of drug-likeness (QED) is 0.124. The number of hydrogen-bond donors (Lipinski definition) is 1. The topological polar surface area (TPSA) is 137 Å². The molecule has 0 radical (unpaired) electrons. The van der Waals surface area contributed by atoms with Crippen LogP contribution in [0.2, 0.25) is 0 Å². The molecule has 0 aliphatic carbocycles. The van der Waals surface area contributed by atoms with Gasteiger partial charge in [-0.3, -0.25) is 9.59 Å². The first-order chi connectivity index (χ1) is 27.8. The number of esters is 2. The Morgan fingerprint density at radius 1 is 0.526 bits per heavy atom. The third-order valence-corrected chi connectivity index (χ3v) is 9.78. The van der Waals surface area contributed by atoms with Gasteiger partial charge in [0.15, 0.2) is 18.5 Å². The number of ether oxygens (including phenoxy) is 9. The van der Waals surface area contributed by atoms with Gasteiger partial charge in [0.2, 0.25) is 0 Å². The molecule has 12 nitrogen and oxygen atoms in total. The highest BCUT2D eigenvalue weighted by molar-refractivity contribution is 5.67. The van der Waals surface area contributed by atoms with Gasteiger partial charge in [0, 0.05) is 13.8 Å². The Morgan fingerprint density at radius 3 is 1.44 bits per heavy atom. The molecule has 0 bridgehead atoms. The van der Waals surface area contributed by atoms with E-state index in [0.717, 1.165) is 22.3 Å². The SMILES string of the molecule is CC(=O)OC1C(OCc2ccccc2)[C@H](OC(C)=O)C(COCc2ccccc2)O[C@@H]1O[C@@H]1C(OCc2ccccc2)[C@H](C)OC(CO)[C@@H]1OCc1ccccc1. The molecule has 2 fully saturated rings. The van der Waals surface area contributed by atoms with Crippen molar-refractivity contribution >= 4 is 11.9 Å². The zero-order valence-corrected chi connectivity index (χ0v) is 32.5. The fraction of sp³-hybridized carbons (Fsp3) is 0.422. The Morgan fingerprint density at radius 2 is 0.965 bits per heavy atom. The summed E-state index contributed by atoms with van der Waals surface area (Å²) in [4.78, 5) is 25.6. The first kappa shape index (κ1) is 42.1. The highest BCUT2D eigenvalue weighted by Gasteiger charge is 2.55. The van der Waals surface area contributed by atoms with Gasteiger partial charge in [-0.25, -0.2) is 0 Å². The van der Waals surface area contributed by atoms with E-state index in [-0.39, 0.29) is 39.6 Å². The molecule has 1 N–H and O–H groups in total. The molecule has 57 heavy (non-hydrogen) atoms. The lowest BCUT2D eigenvalue weighted by atomic mass is 9.94. The highest BCUT2D eigenvalue weighted by atomic mass is 16.7. The summed E-state index contributed by atoms with van der Waals surface area (Å²) in [6.45, 7) is 4.75. The average Bonchev–Trinajstić information content (AvgIpc) is 3.22. The third-order valence-electron chi connectivity index (χ3n) is 9.78. The molecule has 12 heteroatoms. The minimum Gasteiger partial charge on any atom is -0.457 e. The fourth-order valence-electron chi connectivity index (χ4n) is 7.12. The molecular weight excluding hydrogens is 732 g/mol. The van der Waals surface area contributed by atoms with Crippen LogP contribution in [-0.4, -0.2) is 91.5 Å². The van der Waals surface area contributed by atoms with Crippen LogP contribution in [0.5, 0.6) is 0 Å². The van der Waals surface area contributed by atoms with Crippen molar-refractivity contribution in [3.63, 3.8) is 0 Å². The van der Waals surface area contributed by atoms with E-state index in [0.29, 0.717) is 0 Å². The summed E-state index contributed by atoms with van der Waals surface area (Å²) in [6, 6.07) is 38.4. The molecule has 2 aliphatic rings. The van der Waals surface area contributed by atoms with Crippen LogP contribution in [0.15, 0.2) is 121 Å². The molecule has 10 atom stereocenters. The van der Waals surface area contributed by atoms with Gasteiger partial charge in [-0.1, -0.05) is 121 Å². The normalized spacial score (nSPS) is 27.4. The van der Waals surface area contributed by atoms with Crippen LogP contribution in [0.1, 0.15) is 43.0 Å². The molecule has 304 valence electrons. The summed E-state index contributed by atoms with van der Waals surface area (Å²) in [6.07, 6.45) is -9.59. The number of carbonyl (C=O) groups excluding carboxylic acids is 2. The van der Waals surface area contributed by atoms with E-state index in [1.807, 2.05) is 128 Å². The zero-order chi connectivity index (χ0) is 40.0. The van der Waals surface area contributed by atoms with Gasteiger partial charge >= 0.3 is 11.9 Å². The molecule has 0 aromatic heterocycles. The summed E-state index contributed by atoms with van der Waals surface area (Å²) < 4.78 is 57.7. The smallest absolute Gasteiger partial charge is 0.303 e. The summed E-state index contributed by atoms with van der Waals surface area (Å²) in [7, 11) is 0. The van der Waals surface area contributed by atoms with Crippen molar-refractivity contribution in [2.24, 2.45) is 0 Å². The minimum absolute atomic E-state index is 0.0317. The average molecular weight is 785 g/mol. The maximum Gasteiger partial charge on any atom is 0.303 e. The molecule has 2 aliphatic heterocycles. The Labute approximate surface area is 333 Å². The predicted molar refractivity (Wildman–Crippen MR) is 207 cm³/mol. The number of hydrogen-bond acceptors (Lipinski definition) is 12. The second kappa shape index (κ2) is 21.3. The van der Waals surface area contributed by atoms with Crippen LogP contribution < -0.4 is 0 Å². The van der Waals surface area contributed by atoms with E-state index in [4.69, 9.17) is 42.6 Å². The predicted octanol–water partition coefficient (Wildman–Crippen LogP) is 5.71. The molecule has 4 aromatic carbocycles. The number of rotatable bonds is 18. The number of carbonyl (C=O) groups is 2. The fourth-order valence-corrected chi connectivity index (χ4v) is 7.12. The lowest BCUT2D eigenvalue weighted by molar-refractivity contribution is -0.354. The first-order valence-corrected chi connectivity index (χ1v) is 19.3. The van der Waals surface area contributed by atoms with Crippen molar-refractivity contribution < 1.29 is 57.3 Å². The van der Waals surface area contributed by atoms with E-state index < -0.39 is 73.2 Å². The van der Waals surface area contributed by atoms with Gasteiger partial charge in [0.05, 0.1) is 45.7 Å². The largest absolute Gasteiger partial charge is 0.457 e. The van der Waals surface area contributed by atoms with E-state index in [2.05, 4.69) is 0 Å². The van der Waals surface area contributed by atoms with Crippen molar-refractivity contribution in [1.82, 2.24) is 0 Å². The Bertz CT molecular complexity index is 1780. The highest BCUT2D eigenvalue weighted by Crippen LogP contribution is 2.36. The second-order valence-electron chi connectivity index (χ2n) is 14.1. The van der Waals surface area contributed by atoms with Crippen molar-refractivity contribution in [1.29, 1.82) is 0 Å². The summed E-state index contributed by atoms with van der Waals surface area (Å²) in [5.41, 5.74) is 3.60. The summed E-state index contributed by atoms with van der Waals surface area (Å²) in [5.74, 6) is -1.22. The molecule has 2 heterocycles. The van der Waals surface area contributed by atoms with Gasteiger partial charge in [-0.05, 0) is 29.2 Å². The van der Waals surface area contributed by atoms with Crippen LogP contribution in [0.3, 0.4) is 0 Å². The van der Waals surface area contributed by atoms with Crippen LogP contribution in [0.4, 0.5) is 0 Å². The Balaban J connectivity index is 1.36. The first-order valence-electron chi connectivity index (χ1n) is 19.3. The number of aliphatic hydroxyl groups is 1. The lowest BCUT2D eigenvalue weighted by Gasteiger charge is -2.49. The van der Waals surface area contributed by atoms with Crippen molar-refractivity contribution in [3.05, 3.63) is 144 Å². The standard InChI is InChI=1S/C45H52O12/c1-30-39(50-26-34-18-10-5-11-19-34)43(40(37(24-46)53-30)51-27-35-20-12-6-13-21-35)57-45-44(55-32(3)48)42(52-28-36-22-14-7-15-23-36)41(54-31(2)47)38(56-45)29-49-25-33-16-8-4-9-17-33/h4-23,30,37-46H,24-29H2,1-3H3/t30-,37?,38?,39?,40-,41+,42?,43+,44?,45+/m0/s1. The summed E-state index contributed by atoms with van der Waals surface area (Å²) in [5, 5.41) is 10.7. The van der Waals surface area contributed by atoms with E-state index in [9.17, 15) is 14.7 Å². The molecule has 4 aromatic rings. The maximum atomic E-state index is 12.9. The lowest BCUT2D eigenvalue weighted by Crippen LogP contribution is -2.66. The third kappa shape index (κ3) is 12.0. The molecule has 5 unspecified atom stereocenters. The van der Waals surface area contributed by atoms with Crippen molar-refractivity contribution in [2.45, 2.75) is 108 Å². The van der Waals surface area contributed by atoms with Gasteiger partial charge in [-0.15, -0.1) is 0 Å². The number of benzene rings is 4. The van der Waals surface area contributed by atoms with Crippen LogP contribution in [0, 0.1) is 0 Å². The van der Waals surface area contributed by atoms with E-state index in [1.165, 1.54) is 13.8 Å². The van der Waals surface area contributed by atoms with Crippen LogP contribution in [0.25, 0.3) is 0 Å². The van der Waals surface area contributed by atoms with Crippen LogP contribution in [-0.2, 0) is 78.6 Å². The van der Waals surface area contributed by atoms with Crippen molar-refractivity contribution in [2.75, 3.05) is 13.2 Å². The summed E-state index contributed by atoms with van der Waals surface area (Å²) >= 11 is 0. The second-order valence-corrected chi connectivity index (χ2v) is 14.1.